The molecule has 0 aliphatic heterocycles. The summed E-state index contributed by atoms with van der Waals surface area (Å²) >= 11 is 0. The molecule has 0 aliphatic carbocycles. The number of anilines is 1. The molecule has 1 aromatic carbocycles. The molecule has 2 amide bonds. The van der Waals surface area contributed by atoms with Gasteiger partial charge in [-0.2, -0.15) is 0 Å². The summed E-state index contributed by atoms with van der Waals surface area (Å²) in [5.74, 6) is -0.486. The summed E-state index contributed by atoms with van der Waals surface area (Å²) in [4.78, 5) is 29.4. The molecule has 0 radical (unpaired) electrons. The van der Waals surface area contributed by atoms with Crippen LogP contribution in [-0.2, 0) is 0 Å². The van der Waals surface area contributed by atoms with Gasteiger partial charge >= 0.3 is 0 Å². The number of pyridine rings is 1. The average molecular weight is 336 g/mol. The standard InChI is InChI=1S/C19H20N4O2/c1-12(2)20-18(24)16-15-10-6-7-11-23(15)17(22-16)19(25)21-14-9-5-4-8-13(14)3/h4-12H,1-3H3,(H,20,24)(H,21,25). The number of imidazole rings is 1. The van der Waals surface area contributed by atoms with Crippen LogP contribution in [0.5, 0.6) is 0 Å². The van der Waals surface area contributed by atoms with Crippen LogP contribution in [-0.4, -0.2) is 27.2 Å². The SMILES string of the molecule is Cc1ccccc1NC(=O)c1nc(C(=O)NC(C)C)c2ccccn12. The zero-order chi connectivity index (χ0) is 18.0. The van der Waals surface area contributed by atoms with Crippen molar-refractivity contribution in [2.75, 3.05) is 5.32 Å². The molecule has 0 aliphatic rings. The third-order valence-electron chi connectivity index (χ3n) is 3.78. The van der Waals surface area contributed by atoms with Crippen molar-refractivity contribution in [2.24, 2.45) is 0 Å². The Labute approximate surface area is 145 Å². The highest BCUT2D eigenvalue weighted by Gasteiger charge is 2.22. The molecule has 3 rings (SSSR count). The summed E-state index contributed by atoms with van der Waals surface area (Å²) in [7, 11) is 0. The van der Waals surface area contributed by atoms with E-state index in [2.05, 4.69) is 15.6 Å². The number of hydrogen-bond acceptors (Lipinski definition) is 3. The molecule has 2 heterocycles. The van der Waals surface area contributed by atoms with Gasteiger partial charge in [-0.25, -0.2) is 4.98 Å². The number of benzene rings is 1. The van der Waals surface area contributed by atoms with Gasteiger partial charge in [0.1, 0.15) is 0 Å². The Kier molecular flexibility index (Phi) is 4.52. The van der Waals surface area contributed by atoms with E-state index in [0.717, 1.165) is 5.56 Å². The van der Waals surface area contributed by atoms with Gasteiger partial charge in [-0.05, 0) is 44.5 Å². The molecule has 128 valence electrons. The van der Waals surface area contributed by atoms with E-state index in [1.54, 1.807) is 22.7 Å². The normalized spacial score (nSPS) is 10.9. The maximum atomic E-state index is 12.7. The van der Waals surface area contributed by atoms with Crippen molar-refractivity contribution in [2.45, 2.75) is 26.8 Å². The van der Waals surface area contributed by atoms with Crippen molar-refractivity contribution in [1.29, 1.82) is 0 Å². The first kappa shape index (κ1) is 16.7. The van der Waals surface area contributed by atoms with Crippen LogP contribution in [0.1, 0.15) is 40.5 Å². The molecule has 3 aromatic rings. The molecule has 2 aromatic heterocycles. The van der Waals surface area contributed by atoms with Crippen molar-refractivity contribution in [3.05, 3.63) is 65.7 Å². The number of aromatic nitrogens is 2. The highest BCUT2D eigenvalue weighted by molar-refractivity contribution is 6.06. The largest absolute Gasteiger partial charge is 0.348 e. The van der Waals surface area contributed by atoms with Crippen LogP contribution < -0.4 is 10.6 Å². The molecule has 6 heteroatoms. The minimum atomic E-state index is -0.362. The molecule has 2 N–H and O–H groups in total. The van der Waals surface area contributed by atoms with Crippen LogP contribution >= 0.6 is 0 Å². The number of para-hydroxylation sites is 1. The molecule has 0 spiro atoms. The molecular weight excluding hydrogens is 316 g/mol. The lowest BCUT2D eigenvalue weighted by atomic mass is 10.2. The van der Waals surface area contributed by atoms with E-state index in [4.69, 9.17) is 0 Å². The van der Waals surface area contributed by atoms with Gasteiger partial charge < -0.3 is 10.6 Å². The summed E-state index contributed by atoms with van der Waals surface area (Å²) in [6.45, 7) is 5.67. The minimum Gasteiger partial charge on any atom is -0.348 e. The maximum Gasteiger partial charge on any atom is 0.292 e. The second-order valence-corrected chi connectivity index (χ2v) is 6.14. The Morgan fingerprint density at radius 2 is 1.76 bits per heavy atom. The molecule has 6 nitrogen and oxygen atoms in total. The lowest BCUT2D eigenvalue weighted by molar-refractivity contribution is 0.0940. The molecule has 25 heavy (non-hydrogen) atoms. The van der Waals surface area contributed by atoms with Crippen molar-refractivity contribution in [1.82, 2.24) is 14.7 Å². The molecule has 0 saturated carbocycles. The first-order valence-corrected chi connectivity index (χ1v) is 8.12. The monoisotopic (exact) mass is 336 g/mol. The Bertz CT molecular complexity index is 944. The van der Waals surface area contributed by atoms with Gasteiger partial charge in [0.25, 0.3) is 11.8 Å². The van der Waals surface area contributed by atoms with Crippen LogP contribution in [0.3, 0.4) is 0 Å². The lowest BCUT2D eigenvalue weighted by Crippen LogP contribution is -2.30. The predicted molar refractivity (Wildman–Crippen MR) is 96.9 cm³/mol. The number of rotatable bonds is 4. The maximum absolute atomic E-state index is 12.7. The van der Waals surface area contributed by atoms with Crippen LogP contribution in [0.15, 0.2) is 48.7 Å². The Morgan fingerprint density at radius 3 is 2.48 bits per heavy atom. The number of carbonyl (C=O) groups excluding carboxylic acids is 2. The van der Waals surface area contributed by atoms with Crippen LogP contribution in [0, 0.1) is 6.92 Å². The number of nitrogens with zero attached hydrogens (tertiary/aromatic N) is 2. The smallest absolute Gasteiger partial charge is 0.292 e. The number of amides is 2. The minimum absolute atomic E-state index is 0.0165. The topological polar surface area (TPSA) is 75.5 Å². The van der Waals surface area contributed by atoms with E-state index < -0.39 is 0 Å². The van der Waals surface area contributed by atoms with E-state index in [0.29, 0.717) is 11.2 Å². The molecule has 0 unspecified atom stereocenters. The Morgan fingerprint density at radius 1 is 1.04 bits per heavy atom. The van der Waals surface area contributed by atoms with E-state index >= 15 is 0 Å². The third-order valence-corrected chi connectivity index (χ3v) is 3.78. The van der Waals surface area contributed by atoms with Gasteiger partial charge in [-0.3, -0.25) is 14.0 Å². The fraction of sp³-hybridized carbons (Fsp3) is 0.211. The molecule has 0 bridgehead atoms. The zero-order valence-electron chi connectivity index (χ0n) is 14.4. The molecule has 0 atom stereocenters. The summed E-state index contributed by atoms with van der Waals surface area (Å²) in [6.07, 6.45) is 1.72. The van der Waals surface area contributed by atoms with Crippen LogP contribution in [0.4, 0.5) is 5.69 Å². The van der Waals surface area contributed by atoms with Gasteiger partial charge in [0.2, 0.25) is 5.82 Å². The van der Waals surface area contributed by atoms with Crippen molar-refractivity contribution in [3.8, 4) is 0 Å². The summed E-state index contributed by atoms with van der Waals surface area (Å²) in [5.41, 5.74) is 2.50. The van der Waals surface area contributed by atoms with E-state index in [1.807, 2.05) is 51.1 Å². The molecular formula is C19H20N4O2. The number of carbonyl (C=O) groups is 2. The lowest BCUT2D eigenvalue weighted by Gasteiger charge is -2.07. The van der Waals surface area contributed by atoms with E-state index in [9.17, 15) is 9.59 Å². The van der Waals surface area contributed by atoms with Crippen LogP contribution in [0.2, 0.25) is 0 Å². The fourth-order valence-corrected chi connectivity index (χ4v) is 2.59. The first-order valence-electron chi connectivity index (χ1n) is 8.12. The first-order chi connectivity index (χ1) is 12.0. The van der Waals surface area contributed by atoms with Crippen molar-refractivity contribution >= 4 is 23.0 Å². The van der Waals surface area contributed by atoms with Gasteiger partial charge in [-0.1, -0.05) is 24.3 Å². The third kappa shape index (κ3) is 3.38. The second-order valence-electron chi connectivity index (χ2n) is 6.14. The predicted octanol–water partition coefficient (Wildman–Crippen LogP) is 3.03. The molecule has 0 saturated heterocycles. The number of fused-ring (bicyclic) bond motifs is 1. The van der Waals surface area contributed by atoms with Gasteiger partial charge in [-0.15, -0.1) is 0 Å². The van der Waals surface area contributed by atoms with E-state index in [-0.39, 0.29) is 29.4 Å². The summed E-state index contributed by atoms with van der Waals surface area (Å²) < 4.78 is 1.63. The van der Waals surface area contributed by atoms with Gasteiger partial charge in [0, 0.05) is 17.9 Å². The second kappa shape index (κ2) is 6.76. The molecule has 0 fully saturated rings. The quantitative estimate of drug-likeness (QED) is 0.769. The van der Waals surface area contributed by atoms with Crippen LogP contribution in [0.25, 0.3) is 5.52 Å². The zero-order valence-corrected chi connectivity index (χ0v) is 14.4. The fourth-order valence-electron chi connectivity index (χ4n) is 2.59. The summed E-state index contributed by atoms with van der Waals surface area (Å²) in [6, 6.07) is 12.9. The van der Waals surface area contributed by atoms with Crippen molar-refractivity contribution in [3.63, 3.8) is 0 Å². The Balaban J connectivity index is 2.00. The highest BCUT2D eigenvalue weighted by Crippen LogP contribution is 2.17. The number of hydrogen-bond donors (Lipinski definition) is 2. The number of aryl methyl sites for hydroxylation is 1. The highest BCUT2D eigenvalue weighted by atomic mass is 16.2. The van der Waals surface area contributed by atoms with Gasteiger partial charge in [0.15, 0.2) is 5.69 Å². The summed E-state index contributed by atoms with van der Waals surface area (Å²) in [5, 5.41) is 5.67. The van der Waals surface area contributed by atoms with E-state index in [1.165, 1.54) is 0 Å². The number of nitrogens with one attached hydrogen (secondary N) is 2. The van der Waals surface area contributed by atoms with Crippen molar-refractivity contribution < 1.29 is 9.59 Å². The van der Waals surface area contributed by atoms with Gasteiger partial charge in [0.05, 0.1) is 5.52 Å². The average Bonchev–Trinajstić information content (AvgIpc) is 2.96. The Hall–Kier alpha value is -3.15.